The zero-order valence-electron chi connectivity index (χ0n) is 15.7. The van der Waals surface area contributed by atoms with Gasteiger partial charge in [0.1, 0.15) is 0 Å². The fourth-order valence-electron chi connectivity index (χ4n) is 3.58. The van der Waals surface area contributed by atoms with Crippen LogP contribution in [0, 0.1) is 0 Å². The van der Waals surface area contributed by atoms with Gasteiger partial charge in [0.15, 0.2) is 11.4 Å². The van der Waals surface area contributed by atoms with Crippen LogP contribution in [0.2, 0.25) is 0 Å². The van der Waals surface area contributed by atoms with Gasteiger partial charge in [-0.1, -0.05) is 60.7 Å². The molecule has 29 heavy (non-hydrogen) atoms. The molecule has 4 rings (SSSR count). The van der Waals surface area contributed by atoms with Crippen molar-refractivity contribution in [3.05, 3.63) is 102 Å². The minimum Gasteiger partial charge on any atom is -0.375 e. The molecule has 5 nitrogen and oxygen atoms in total. The number of hydrogen-bond donors (Lipinski definition) is 1. The molecule has 1 aromatic heterocycles. The van der Waals surface area contributed by atoms with E-state index in [2.05, 4.69) is 4.98 Å². The Morgan fingerprint density at radius 3 is 2.55 bits per heavy atom. The number of rotatable bonds is 6. The molecule has 1 aliphatic heterocycles. The average molecular weight is 384 g/mol. The van der Waals surface area contributed by atoms with E-state index in [0.717, 1.165) is 5.56 Å². The molecule has 0 bridgehead atoms. The summed E-state index contributed by atoms with van der Waals surface area (Å²) < 4.78 is 0. The third kappa shape index (κ3) is 3.60. The van der Waals surface area contributed by atoms with Gasteiger partial charge in [-0.25, -0.2) is 0 Å². The maximum atomic E-state index is 13.2. The number of Topliss-reactive ketones (excluding diaryl/α,β-unsaturated/α-hetero) is 1. The number of aliphatic hydroxyl groups is 1. The monoisotopic (exact) mass is 384 g/mol. The molecule has 0 aliphatic carbocycles. The largest absolute Gasteiger partial charge is 0.375 e. The molecule has 1 amide bonds. The summed E-state index contributed by atoms with van der Waals surface area (Å²) in [6.07, 6.45) is 6.49. The first-order valence-corrected chi connectivity index (χ1v) is 9.38. The maximum Gasteiger partial charge on any atom is 0.264 e. The van der Waals surface area contributed by atoms with Gasteiger partial charge in [-0.3, -0.25) is 14.6 Å². The van der Waals surface area contributed by atoms with Crippen LogP contribution in [0.3, 0.4) is 0 Å². The third-order valence-corrected chi connectivity index (χ3v) is 5.04. The molecular formula is C24H20N2O3. The average Bonchev–Trinajstić information content (AvgIpc) is 2.97. The first kappa shape index (κ1) is 18.8. The van der Waals surface area contributed by atoms with Crippen LogP contribution in [0.4, 0.5) is 5.69 Å². The van der Waals surface area contributed by atoms with Crippen LogP contribution in [0.15, 0.2) is 85.2 Å². The van der Waals surface area contributed by atoms with E-state index in [9.17, 15) is 14.7 Å². The zero-order chi connectivity index (χ0) is 20.3. The minimum absolute atomic E-state index is 0.300. The Kier molecular flexibility index (Phi) is 5.06. The predicted molar refractivity (Wildman–Crippen MR) is 111 cm³/mol. The van der Waals surface area contributed by atoms with Crippen LogP contribution >= 0.6 is 0 Å². The van der Waals surface area contributed by atoms with Crippen molar-refractivity contribution < 1.29 is 14.7 Å². The SMILES string of the molecule is O=C(CC1(O)C(=O)N(C/C=C/c2ccccc2)c2ccccc21)c1cccnc1. The fourth-order valence-corrected chi connectivity index (χ4v) is 3.58. The second-order valence-electron chi connectivity index (χ2n) is 6.95. The second-order valence-corrected chi connectivity index (χ2v) is 6.95. The lowest BCUT2D eigenvalue weighted by Gasteiger charge is -2.22. The van der Waals surface area contributed by atoms with Crippen LogP contribution < -0.4 is 4.90 Å². The Morgan fingerprint density at radius 2 is 1.79 bits per heavy atom. The Balaban J connectivity index is 1.60. The summed E-state index contributed by atoms with van der Waals surface area (Å²) in [7, 11) is 0. The number of nitrogens with zero attached hydrogens (tertiary/aromatic N) is 2. The van der Waals surface area contributed by atoms with E-state index in [-0.39, 0.29) is 12.2 Å². The van der Waals surface area contributed by atoms with Crippen molar-refractivity contribution in [3.8, 4) is 0 Å². The van der Waals surface area contributed by atoms with Gasteiger partial charge in [0, 0.05) is 30.1 Å². The summed E-state index contributed by atoms with van der Waals surface area (Å²) in [5.41, 5.74) is 0.583. The quantitative estimate of drug-likeness (QED) is 0.659. The number of carbonyl (C=O) groups excluding carboxylic acids is 2. The lowest BCUT2D eigenvalue weighted by molar-refractivity contribution is -0.135. The van der Waals surface area contributed by atoms with Gasteiger partial charge in [0.25, 0.3) is 5.91 Å². The summed E-state index contributed by atoms with van der Waals surface area (Å²) in [5, 5.41) is 11.3. The standard InChI is InChI=1S/C24H20N2O3/c27-22(19-11-6-14-25-17-19)16-24(29)20-12-4-5-13-21(20)26(23(24)28)15-7-10-18-8-2-1-3-9-18/h1-14,17,29H,15-16H2/b10-7+. The topological polar surface area (TPSA) is 70.5 Å². The summed E-state index contributed by atoms with van der Waals surface area (Å²) in [5.74, 6) is -0.820. The number of aromatic nitrogens is 1. The Labute approximate surface area is 169 Å². The number of ketones is 1. The van der Waals surface area contributed by atoms with E-state index in [4.69, 9.17) is 0 Å². The van der Waals surface area contributed by atoms with Gasteiger partial charge in [0.05, 0.1) is 12.1 Å². The van der Waals surface area contributed by atoms with Crippen molar-refractivity contribution in [2.24, 2.45) is 0 Å². The number of benzene rings is 2. The molecule has 0 saturated carbocycles. The van der Waals surface area contributed by atoms with E-state index in [0.29, 0.717) is 23.4 Å². The Hall–Kier alpha value is -3.57. The number of para-hydroxylation sites is 1. The highest BCUT2D eigenvalue weighted by molar-refractivity contribution is 6.10. The second kappa shape index (κ2) is 7.81. The number of carbonyl (C=O) groups is 2. The van der Waals surface area contributed by atoms with Crippen LogP contribution in [0.25, 0.3) is 6.08 Å². The van der Waals surface area contributed by atoms with Gasteiger partial charge < -0.3 is 10.0 Å². The predicted octanol–water partition coefficient (Wildman–Crippen LogP) is 3.60. The van der Waals surface area contributed by atoms with E-state index in [1.54, 1.807) is 36.5 Å². The summed E-state index contributed by atoms with van der Waals surface area (Å²) in [4.78, 5) is 31.3. The van der Waals surface area contributed by atoms with Crippen LogP contribution in [-0.4, -0.2) is 28.3 Å². The third-order valence-electron chi connectivity index (χ3n) is 5.04. The number of pyridine rings is 1. The molecule has 144 valence electrons. The molecule has 1 unspecified atom stereocenters. The van der Waals surface area contributed by atoms with E-state index in [1.807, 2.05) is 48.6 Å². The highest BCUT2D eigenvalue weighted by Crippen LogP contribution is 2.42. The van der Waals surface area contributed by atoms with Gasteiger partial charge in [-0.05, 0) is 23.8 Å². The highest BCUT2D eigenvalue weighted by atomic mass is 16.3. The minimum atomic E-state index is -1.88. The molecule has 0 spiro atoms. The molecule has 1 atom stereocenters. The summed E-state index contributed by atoms with van der Waals surface area (Å²) in [6.45, 7) is 0.300. The van der Waals surface area contributed by atoms with Crippen molar-refractivity contribution in [2.75, 3.05) is 11.4 Å². The molecule has 3 aromatic rings. The normalized spacial score (nSPS) is 18.2. The Morgan fingerprint density at radius 1 is 1.03 bits per heavy atom. The van der Waals surface area contributed by atoms with E-state index >= 15 is 0 Å². The fraction of sp³-hybridized carbons (Fsp3) is 0.125. The van der Waals surface area contributed by atoms with Gasteiger partial charge >= 0.3 is 0 Å². The maximum absolute atomic E-state index is 13.2. The number of anilines is 1. The van der Waals surface area contributed by atoms with E-state index < -0.39 is 11.5 Å². The number of amides is 1. The molecular weight excluding hydrogens is 364 g/mol. The molecule has 0 saturated heterocycles. The van der Waals surface area contributed by atoms with Crippen molar-refractivity contribution in [1.82, 2.24) is 4.98 Å². The van der Waals surface area contributed by atoms with Crippen LogP contribution in [-0.2, 0) is 10.4 Å². The van der Waals surface area contributed by atoms with Crippen molar-refractivity contribution >= 4 is 23.5 Å². The smallest absolute Gasteiger partial charge is 0.264 e. The zero-order valence-corrected chi connectivity index (χ0v) is 15.7. The molecule has 0 fully saturated rings. The van der Waals surface area contributed by atoms with E-state index in [1.165, 1.54) is 11.1 Å². The molecule has 2 heterocycles. The lowest BCUT2D eigenvalue weighted by atomic mass is 9.88. The molecule has 5 heteroatoms. The van der Waals surface area contributed by atoms with Gasteiger partial charge in [-0.2, -0.15) is 0 Å². The number of fused-ring (bicyclic) bond motifs is 1. The highest BCUT2D eigenvalue weighted by Gasteiger charge is 2.50. The molecule has 1 aliphatic rings. The van der Waals surface area contributed by atoms with Crippen molar-refractivity contribution in [2.45, 2.75) is 12.0 Å². The van der Waals surface area contributed by atoms with Gasteiger partial charge in [-0.15, -0.1) is 0 Å². The summed E-state index contributed by atoms with van der Waals surface area (Å²) in [6, 6.07) is 20.1. The Bertz CT molecular complexity index is 1060. The molecule has 0 radical (unpaired) electrons. The summed E-state index contributed by atoms with van der Waals surface area (Å²) >= 11 is 0. The van der Waals surface area contributed by atoms with Crippen LogP contribution in [0.5, 0.6) is 0 Å². The first-order valence-electron chi connectivity index (χ1n) is 9.38. The number of hydrogen-bond acceptors (Lipinski definition) is 4. The first-order chi connectivity index (χ1) is 14.1. The van der Waals surface area contributed by atoms with Gasteiger partial charge in [0.2, 0.25) is 0 Å². The lowest BCUT2D eigenvalue weighted by Crippen LogP contribution is -2.42. The van der Waals surface area contributed by atoms with Crippen molar-refractivity contribution in [3.63, 3.8) is 0 Å². The van der Waals surface area contributed by atoms with Crippen molar-refractivity contribution in [1.29, 1.82) is 0 Å². The van der Waals surface area contributed by atoms with Crippen LogP contribution in [0.1, 0.15) is 27.9 Å². The molecule has 2 aromatic carbocycles. The molecule has 1 N–H and O–H groups in total.